The van der Waals surface area contributed by atoms with Gasteiger partial charge in [-0.25, -0.2) is 4.79 Å². The van der Waals surface area contributed by atoms with Crippen molar-refractivity contribution in [3.63, 3.8) is 0 Å². The molecule has 16 heavy (non-hydrogen) atoms. The number of cyclic esters (lactones) is 1. The molecule has 1 saturated heterocycles. The van der Waals surface area contributed by atoms with Gasteiger partial charge in [-0.1, -0.05) is 6.58 Å². The second-order valence-corrected chi connectivity index (χ2v) is 4.16. The number of carbonyl (C=O) groups is 2. The summed E-state index contributed by atoms with van der Waals surface area (Å²) in [4.78, 5) is 22.9. The van der Waals surface area contributed by atoms with Crippen molar-refractivity contribution < 1.29 is 19.1 Å². The van der Waals surface area contributed by atoms with Gasteiger partial charge in [-0.15, -0.1) is 0 Å². The predicted molar refractivity (Wildman–Crippen MR) is 58.7 cm³/mol. The first-order valence-corrected chi connectivity index (χ1v) is 5.55. The molecule has 0 amide bonds. The Morgan fingerprint density at radius 1 is 1.56 bits per heavy atom. The van der Waals surface area contributed by atoms with Crippen LogP contribution in [-0.2, 0) is 19.1 Å². The molecule has 0 bridgehead atoms. The summed E-state index contributed by atoms with van der Waals surface area (Å²) in [6.07, 6.45) is 2.06. The average Bonchev–Trinajstić information content (AvgIpc) is 2.42. The molecule has 0 spiro atoms. The summed E-state index contributed by atoms with van der Waals surface area (Å²) in [5, 5.41) is 0. The van der Waals surface area contributed by atoms with Crippen LogP contribution in [0.3, 0.4) is 0 Å². The molecule has 0 saturated carbocycles. The normalized spacial score (nSPS) is 22.9. The lowest BCUT2D eigenvalue weighted by Gasteiger charge is -2.20. The third-order valence-corrected chi connectivity index (χ3v) is 2.66. The van der Waals surface area contributed by atoms with Crippen LogP contribution in [0.25, 0.3) is 0 Å². The molecule has 0 radical (unpaired) electrons. The molecule has 1 heterocycles. The number of esters is 2. The van der Waals surface area contributed by atoms with Crippen molar-refractivity contribution >= 4 is 11.9 Å². The summed E-state index contributed by atoms with van der Waals surface area (Å²) in [5.41, 5.74) is 0.342. The minimum Gasteiger partial charge on any atom is -0.465 e. The van der Waals surface area contributed by atoms with E-state index >= 15 is 0 Å². The maximum Gasteiger partial charge on any atom is 0.333 e. The second-order valence-electron chi connectivity index (χ2n) is 4.16. The van der Waals surface area contributed by atoms with Gasteiger partial charge in [0.1, 0.15) is 6.10 Å². The maximum absolute atomic E-state index is 11.6. The highest BCUT2D eigenvalue weighted by Gasteiger charge is 2.30. The number of ether oxygens (including phenoxy) is 2. The Morgan fingerprint density at radius 3 is 2.88 bits per heavy atom. The minimum absolute atomic E-state index is 0.264. The summed E-state index contributed by atoms with van der Waals surface area (Å²) >= 11 is 0. The number of carbonyl (C=O) groups excluding carboxylic acids is 2. The molecule has 0 aromatic carbocycles. The molecule has 0 N–H and O–H groups in total. The Bertz CT molecular complexity index is 295. The molecule has 0 aromatic rings. The van der Waals surface area contributed by atoms with E-state index in [1.807, 2.05) is 0 Å². The highest BCUT2D eigenvalue weighted by molar-refractivity contribution is 5.87. The van der Waals surface area contributed by atoms with Crippen molar-refractivity contribution in [2.24, 2.45) is 5.92 Å². The Kier molecular flexibility index (Phi) is 4.52. The Morgan fingerprint density at radius 2 is 2.25 bits per heavy atom. The lowest BCUT2D eigenvalue weighted by Crippen LogP contribution is -2.30. The summed E-state index contributed by atoms with van der Waals surface area (Å²) in [7, 11) is 0. The Labute approximate surface area is 95.6 Å². The zero-order chi connectivity index (χ0) is 12.1. The molecule has 1 aliphatic rings. The standard InChI is InChI=1S/C12H18O4/c1-8(2)11(13)16-9(3)10-6-4-5-7-15-12(10)14/h9-10H,1,4-7H2,2-3H3. The topological polar surface area (TPSA) is 52.6 Å². The van der Waals surface area contributed by atoms with Gasteiger partial charge in [0.2, 0.25) is 0 Å². The first-order chi connectivity index (χ1) is 7.52. The molecule has 0 aliphatic carbocycles. The van der Waals surface area contributed by atoms with Gasteiger partial charge in [-0.3, -0.25) is 4.79 Å². The lowest BCUT2D eigenvalue weighted by molar-refractivity contribution is -0.157. The molecule has 4 nitrogen and oxygen atoms in total. The van der Waals surface area contributed by atoms with Crippen LogP contribution < -0.4 is 0 Å². The smallest absolute Gasteiger partial charge is 0.333 e. The summed E-state index contributed by atoms with van der Waals surface area (Å²) in [6, 6.07) is 0. The Hall–Kier alpha value is -1.32. The van der Waals surface area contributed by atoms with Crippen LogP contribution in [-0.4, -0.2) is 24.6 Å². The largest absolute Gasteiger partial charge is 0.465 e. The van der Waals surface area contributed by atoms with Gasteiger partial charge in [0.15, 0.2) is 0 Å². The molecular weight excluding hydrogens is 208 g/mol. The van der Waals surface area contributed by atoms with Crippen LogP contribution in [0.5, 0.6) is 0 Å². The molecular formula is C12H18O4. The van der Waals surface area contributed by atoms with Crippen LogP contribution in [0, 0.1) is 5.92 Å². The SMILES string of the molecule is C=C(C)C(=O)OC(C)C1CCCCOC1=O. The molecule has 4 heteroatoms. The van der Waals surface area contributed by atoms with E-state index in [0.717, 1.165) is 12.8 Å². The van der Waals surface area contributed by atoms with E-state index in [4.69, 9.17) is 9.47 Å². The predicted octanol–water partition coefficient (Wildman–Crippen LogP) is 1.84. The molecule has 90 valence electrons. The van der Waals surface area contributed by atoms with Gasteiger partial charge in [0, 0.05) is 5.57 Å². The fourth-order valence-corrected chi connectivity index (χ4v) is 1.64. The fraction of sp³-hybridized carbons (Fsp3) is 0.667. The van der Waals surface area contributed by atoms with Gasteiger partial charge >= 0.3 is 11.9 Å². The number of hydrogen-bond acceptors (Lipinski definition) is 4. The van der Waals surface area contributed by atoms with E-state index < -0.39 is 12.1 Å². The lowest BCUT2D eigenvalue weighted by atomic mass is 9.98. The van der Waals surface area contributed by atoms with E-state index in [0.29, 0.717) is 18.6 Å². The molecule has 1 aliphatic heterocycles. The van der Waals surface area contributed by atoms with Gasteiger partial charge in [0.05, 0.1) is 12.5 Å². The van der Waals surface area contributed by atoms with Gasteiger partial charge < -0.3 is 9.47 Å². The zero-order valence-electron chi connectivity index (χ0n) is 9.82. The van der Waals surface area contributed by atoms with E-state index in [2.05, 4.69) is 6.58 Å². The van der Waals surface area contributed by atoms with Crippen LogP contribution in [0.1, 0.15) is 33.1 Å². The second kappa shape index (κ2) is 5.68. The van der Waals surface area contributed by atoms with E-state index in [1.54, 1.807) is 13.8 Å². The summed E-state index contributed by atoms with van der Waals surface area (Å²) in [5.74, 6) is -1.06. The highest BCUT2D eigenvalue weighted by atomic mass is 16.6. The van der Waals surface area contributed by atoms with Crippen molar-refractivity contribution in [3.05, 3.63) is 12.2 Å². The number of rotatable bonds is 3. The highest BCUT2D eigenvalue weighted by Crippen LogP contribution is 2.21. The maximum atomic E-state index is 11.6. The molecule has 0 aromatic heterocycles. The van der Waals surface area contributed by atoms with Crippen LogP contribution in [0.2, 0.25) is 0 Å². The minimum atomic E-state index is -0.454. The quantitative estimate of drug-likeness (QED) is 0.544. The summed E-state index contributed by atoms with van der Waals surface area (Å²) in [6.45, 7) is 7.27. The average molecular weight is 226 g/mol. The van der Waals surface area contributed by atoms with E-state index in [-0.39, 0.29) is 11.9 Å². The monoisotopic (exact) mass is 226 g/mol. The third-order valence-electron chi connectivity index (χ3n) is 2.66. The van der Waals surface area contributed by atoms with Crippen molar-refractivity contribution in [2.45, 2.75) is 39.2 Å². The molecule has 1 rings (SSSR count). The van der Waals surface area contributed by atoms with Gasteiger partial charge in [-0.2, -0.15) is 0 Å². The first-order valence-electron chi connectivity index (χ1n) is 5.55. The van der Waals surface area contributed by atoms with Crippen molar-refractivity contribution in [3.8, 4) is 0 Å². The zero-order valence-corrected chi connectivity index (χ0v) is 9.82. The molecule has 2 atom stereocenters. The fourth-order valence-electron chi connectivity index (χ4n) is 1.64. The summed E-state index contributed by atoms with van der Waals surface area (Å²) < 4.78 is 10.2. The van der Waals surface area contributed by atoms with E-state index in [9.17, 15) is 9.59 Å². The van der Waals surface area contributed by atoms with Crippen molar-refractivity contribution in [1.82, 2.24) is 0 Å². The van der Waals surface area contributed by atoms with Crippen molar-refractivity contribution in [2.75, 3.05) is 6.61 Å². The number of hydrogen-bond donors (Lipinski definition) is 0. The van der Waals surface area contributed by atoms with E-state index in [1.165, 1.54) is 0 Å². The third kappa shape index (κ3) is 3.36. The van der Waals surface area contributed by atoms with Crippen molar-refractivity contribution in [1.29, 1.82) is 0 Å². The van der Waals surface area contributed by atoms with Gasteiger partial charge in [-0.05, 0) is 33.1 Å². The van der Waals surface area contributed by atoms with Crippen LogP contribution >= 0.6 is 0 Å². The van der Waals surface area contributed by atoms with Crippen LogP contribution in [0.4, 0.5) is 0 Å². The first kappa shape index (κ1) is 12.7. The van der Waals surface area contributed by atoms with Crippen LogP contribution in [0.15, 0.2) is 12.2 Å². The van der Waals surface area contributed by atoms with Gasteiger partial charge in [0.25, 0.3) is 0 Å². The molecule has 2 unspecified atom stereocenters. The molecule has 1 fully saturated rings. The Balaban J connectivity index is 2.57.